The van der Waals surface area contributed by atoms with Gasteiger partial charge in [-0.15, -0.1) is 0 Å². The van der Waals surface area contributed by atoms with Crippen LogP contribution in [0.25, 0.3) is 0 Å². The number of carbonyl (C=O) groups excluding carboxylic acids is 4. The summed E-state index contributed by atoms with van der Waals surface area (Å²) in [4.78, 5) is 80.6. The van der Waals surface area contributed by atoms with E-state index in [0.717, 1.165) is 21.3 Å². The largest absolute Gasteiger partial charge is 0.462 e. The fourth-order valence-corrected chi connectivity index (χ4v) is 4.71. The van der Waals surface area contributed by atoms with Gasteiger partial charge in [-0.3, -0.25) is 28.3 Å². The van der Waals surface area contributed by atoms with E-state index in [9.17, 15) is 28.8 Å². The first kappa shape index (κ1) is 32.3. The zero-order chi connectivity index (χ0) is 32.7. The molecule has 0 aliphatic rings. The molecular weight excluding hydrogens is 580 g/mol. The van der Waals surface area contributed by atoms with Crippen LogP contribution in [0, 0.1) is 0 Å². The highest BCUT2D eigenvalue weighted by Gasteiger charge is 2.30. The molecule has 0 saturated carbocycles. The molecule has 0 spiro atoms. The first-order valence-electron chi connectivity index (χ1n) is 14.4. The number of rotatable bonds is 12. The highest BCUT2D eigenvalue weighted by atomic mass is 16.5. The highest BCUT2D eigenvalue weighted by Crippen LogP contribution is 2.31. The average molecular weight is 613 g/mol. The summed E-state index contributed by atoms with van der Waals surface area (Å²) in [5.74, 6) is -3.66. The molecule has 0 bridgehead atoms. The number of nitrogens with zero attached hydrogens (tertiary/aromatic N) is 2. The van der Waals surface area contributed by atoms with E-state index >= 15 is 0 Å². The van der Waals surface area contributed by atoms with Gasteiger partial charge in [-0.1, -0.05) is 60.7 Å². The zero-order valence-electron chi connectivity index (χ0n) is 25.3. The smallest absolute Gasteiger partial charge is 0.343 e. The Balaban J connectivity index is 2.07. The van der Waals surface area contributed by atoms with Gasteiger partial charge in [0.25, 0.3) is 11.1 Å². The minimum Gasteiger partial charge on any atom is -0.462 e. The minimum atomic E-state index is -0.928. The SMILES string of the molecule is CCOC(=O)c1cc(C(=O)c2ccccc2)c(Oc2c(C(=O)c3ccccc3)cc(C(=O)OCC)c(=O)n2CC)n(CC)c1=O. The molecule has 0 aliphatic heterocycles. The lowest BCUT2D eigenvalue weighted by atomic mass is 10.0. The molecule has 0 fully saturated rings. The third-order valence-electron chi connectivity index (χ3n) is 6.86. The van der Waals surface area contributed by atoms with E-state index in [1.54, 1.807) is 88.4 Å². The van der Waals surface area contributed by atoms with Crippen molar-refractivity contribution in [2.45, 2.75) is 40.8 Å². The Labute approximate surface area is 258 Å². The van der Waals surface area contributed by atoms with Gasteiger partial charge in [0.1, 0.15) is 11.1 Å². The second kappa shape index (κ2) is 14.3. The molecule has 2 aromatic carbocycles. The van der Waals surface area contributed by atoms with E-state index in [1.807, 2.05) is 0 Å². The summed E-state index contributed by atoms with van der Waals surface area (Å²) in [6.45, 7) is 6.24. The van der Waals surface area contributed by atoms with E-state index in [4.69, 9.17) is 14.2 Å². The first-order chi connectivity index (χ1) is 21.7. The molecule has 4 rings (SSSR count). The number of benzene rings is 2. The Morgan fingerprint density at radius 2 is 0.911 bits per heavy atom. The number of hydrogen-bond donors (Lipinski definition) is 0. The van der Waals surface area contributed by atoms with Gasteiger partial charge in [-0.05, 0) is 39.8 Å². The minimum absolute atomic E-state index is 0.00877. The van der Waals surface area contributed by atoms with Crippen LogP contribution < -0.4 is 15.9 Å². The van der Waals surface area contributed by atoms with Crippen molar-refractivity contribution in [1.29, 1.82) is 0 Å². The fraction of sp³-hybridized carbons (Fsp3) is 0.235. The van der Waals surface area contributed by atoms with E-state index in [0.29, 0.717) is 0 Å². The fourth-order valence-electron chi connectivity index (χ4n) is 4.71. The maximum absolute atomic E-state index is 13.9. The topological polar surface area (TPSA) is 140 Å². The van der Waals surface area contributed by atoms with Gasteiger partial charge in [-0.25, -0.2) is 9.59 Å². The number of aromatic nitrogens is 2. The summed E-state index contributed by atoms with van der Waals surface area (Å²) < 4.78 is 18.6. The van der Waals surface area contributed by atoms with Crippen molar-refractivity contribution < 1.29 is 33.4 Å². The normalized spacial score (nSPS) is 10.7. The van der Waals surface area contributed by atoms with Gasteiger partial charge in [-0.2, -0.15) is 0 Å². The van der Waals surface area contributed by atoms with Crippen molar-refractivity contribution in [1.82, 2.24) is 9.13 Å². The molecule has 0 aliphatic carbocycles. The Kier molecular flexibility index (Phi) is 10.2. The van der Waals surface area contributed by atoms with Crippen molar-refractivity contribution >= 4 is 23.5 Å². The average Bonchev–Trinajstić information content (AvgIpc) is 3.05. The number of ether oxygens (including phenoxy) is 3. The number of carbonyl (C=O) groups is 4. The van der Waals surface area contributed by atoms with Gasteiger partial charge < -0.3 is 14.2 Å². The Morgan fingerprint density at radius 3 is 1.22 bits per heavy atom. The molecule has 11 nitrogen and oxygen atoms in total. The van der Waals surface area contributed by atoms with Crippen LogP contribution in [0.1, 0.15) is 80.3 Å². The van der Waals surface area contributed by atoms with Crippen LogP contribution in [0.4, 0.5) is 0 Å². The summed E-state index contributed by atoms with van der Waals surface area (Å²) in [6, 6.07) is 18.4. The highest BCUT2D eigenvalue weighted by molar-refractivity contribution is 6.12. The van der Waals surface area contributed by atoms with Crippen molar-refractivity contribution in [3.8, 4) is 11.8 Å². The van der Waals surface area contributed by atoms with Gasteiger partial charge in [0.2, 0.25) is 11.8 Å². The predicted molar refractivity (Wildman–Crippen MR) is 164 cm³/mol. The summed E-state index contributed by atoms with van der Waals surface area (Å²) in [7, 11) is 0. The van der Waals surface area contributed by atoms with E-state index in [2.05, 4.69) is 0 Å². The quantitative estimate of drug-likeness (QED) is 0.165. The number of pyridine rings is 2. The number of hydrogen-bond acceptors (Lipinski definition) is 9. The number of esters is 2. The maximum Gasteiger partial charge on any atom is 0.343 e. The third kappa shape index (κ3) is 6.52. The molecule has 11 heteroatoms. The third-order valence-corrected chi connectivity index (χ3v) is 6.86. The molecule has 0 unspecified atom stereocenters. The van der Waals surface area contributed by atoms with Crippen LogP contribution in [-0.4, -0.2) is 45.9 Å². The van der Waals surface area contributed by atoms with Crippen LogP contribution in [0.2, 0.25) is 0 Å². The van der Waals surface area contributed by atoms with Crippen molar-refractivity contribution in [2.24, 2.45) is 0 Å². The summed E-state index contributed by atoms with van der Waals surface area (Å²) in [5.41, 5.74) is -2.32. The zero-order valence-corrected chi connectivity index (χ0v) is 25.3. The summed E-state index contributed by atoms with van der Waals surface area (Å²) >= 11 is 0. The van der Waals surface area contributed by atoms with Crippen molar-refractivity contribution in [3.63, 3.8) is 0 Å². The molecule has 4 aromatic rings. The Morgan fingerprint density at radius 1 is 0.556 bits per heavy atom. The molecule has 2 aromatic heterocycles. The van der Waals surface area contributed by atoms with Gasteiger partial charge >= 0.3 is 11.9 Å². The van der Waals surface area contributed by atoms with Crippen LogP contribution in [0.15, 0.2) is 82.4 Å². The summed E-state index contributed by atoms with van der Waals surface area (Å²) in [6.07, 6.45) is 0. The van der Waals surface area contributed by atoms with Gasteiger partial charge in [0.15, 0.2) is 11.6 Å². The van der Waals surface area contributed by atoms with Crippen LogP contribution in [-0.2, 0) is 22.6 Å². The molecule has 45 heavy (non-hydrogen) atoms. The van der Waals surface area contributed by atoms with Crippen LogP contribution >= 0.6 is 0 Å². The molecule has 2 heterocycles. The lowest BCUT2D eigenvalue weighted by Crippen LogP contribution is -2.32. The number of ketones is 2. The van der Waals surface area contributed by atoms with Crippen LogP contribution in [0.3, 0.4) is 0 Å². The molecule has 232 valence electrons. The lowest BCUT2D eigenvalue weighted by molar-refractivity contribution is 0.0514. The van der Waals surface area contributed by atoms with Gasteiger partial charge in [0.05, 0.1) is 24.3 Å². The molecular formula is C34H32N2O9. The molecule has 0 saturated heterocycles. The van der Waals surface area contributed by atoms with Gasteiger partial charge in [0, 0.05) is 24.2 Å². The summed E-state index contributed by atoms with van der Waals surface area (Å²) in [5, 5.41) is 0. The molecule has 0 atom stereocenters. The molecule has 0 amide bonds. The second-order valence-corrected chi connectivity index (χ2v) is 9.59. The van der Waals surface area contributed by atoms with E-state index < -0.39 is 45.8 Å². The Bertz CT molecular complexity index is 1740. The first-order valence-corrected chi connectivity index (χ1v) is 14.4. The maximum atomic E-state index is 13.9. The molecule has 0 radical (unpaired) electrons. The van der Waals surface area contributed by atoms with E-state index in [-0.39, 0.29) is 60.3 Å². The predicted octanol–water partition coefficient (Wildman–Crippen LogP) is 4.66. The second-order valence-electron chi connectivity index (χ2n) is 9.59. The standard InChI is InChI=1S/C34H32N2O9/c1-5-35-29(39)25(33(41)43-7-3)19-23(27(37)21-15-11-9-12-16-21)31(35)45-32-24(28(38)22-17-13-10-14-18-22)20-26(34(42)44-8-4)30(40)36(32)6-2/h9-20H,5-8H2,1-4H3. The Hall–Kier alpha value is -5.58. The van der Waals surface area contributed by atoms with Crippen molar-refractivity contribution in [3.05, 3.63) is 127 Å². The van der Waals surface area contributed by atoms with Crippen LogP contribution in [0.5, 0.6) is 11.8 Å². The van der Waals surface area contributed by atoms with Crippen molar-refractivity contribution in [2.75, 3.05) is 13.2 Å². The monoisotopic (exact) mass is 612 g/mol. The lowest BCUT2D eigenvalue weighted by Gasteiger charge is -2.21. The van der Waals surface area contributed by atoms with E-state index in [1.165, 1.54) is 0 Å². The molecule has 0 N–H and O–H groups in total.